The lowest BCUT2D eigenvalue weighted by Crippen LogP contribution is -2.30. The van der Waals surface area contributed by atoms with E-state index in [4.69, 9.17) is 37.0 Å². The lowest BCUT2D eigenvalue weighted by Gasteiger charge is -2.21. The Balaban J connectivity index is 5.19. The van der Waals surface area contributed by atoms with Gasteiger partial charge in [-0.3, -0.25) is 37.3 Å². The smallest absolute Gasteiger partial charge is 0.462 e. The van der Waals surface area contributed by atoms with E-state index < -0.39 is 97.5 Å². The SMILES string of the molecule is CCC(C)CCCCCCCCCCCCCCCCC(=O)OC[C@H](COP(=O)(O)OC[C@@H](O)COP(=O)(O)OC[C@@H](COC(=O)CCCCCCCCC(C)CC)OC(=O)CCCCCCCCCCCCCCCCC(C)CC)OC(=O)CCCCCCCCC(C)CC. The van der Waals surface area contributed by atoms with Gasteiger partial charge in [0.25, 0.3) is 0 Å². The first-order valence-corrected chi connectivity index (χ1v) is 42.8. The van der Waals surface area contributed by atoms with Gasteiger partial charge in [-0.25, -0.2) is 9.13 Å². The van der Waals surface area contributed by atoms with Gasteiger partial charge in [0.15, 0.2) is 12.2 Å². The number of esters is 4. The van der Waals surface area contributed by atoms with Gasteiger partial charge in [-0.05, 0) is 49.4 Å². The highest BCUT2D eigenvalue weighted by Crippen LogP contribution is 2.45. The average molecular weight is 1410 g/mol. The summed E-state index contributed by atoms with van der Waals surface area (Å²) in [5.74, 6) is 1.02. The number of carbonyl (C=O) groups is 4. The molecule has 0 spiro atoms. The van der Waals surface area contributed by atoms with Gasteiger partial charge in [0.1, 0.15) is 19.3 Å². The van der Waals surface area contributed by atoms with E-state index in [1.165, 1.54) is 186 Å². The highest BCUT2D eigenvalue weighted by molar-refractivity contribution is 7.47. The largest absolute Gasteiger partial charge is 0.472 e. The second-order valence-corrected chi connectivity index (χ2v) is 31.6. The molecule has 0 bridgehead atoms. The van der Waals surface area contributed by atoms with Crippen molar-refractivity contribution in [3.05, 3.63) is 0 Å². The highest BCUT2D eigenvalue weighted by atomic mass is 31.2. The van der Waals surface area contributed by atoms with Crippen molar-refractivity contribution in [3.8, 4) is 0 Å². The summed E-state index contributed by atoms with van der Waals surface area (Å²) in [6.07, 6.45) is 51.3. The molecular formula is C77H150O17P2. The van der Waals surface area contributed by atoms with Gasteiger partial charge in [-0.2, -0.15) is 0 Å². The fourth-order valence-corrected chi connectivity index (χ4v) is 13.2. The van der Waals surface area contributed by atoms with E-state index in [0.29, 0.717) is 25.7 Å². The molecule has 0 aromatic carbocycles. The molecular weight excluding hydrogens is 1260 g/mol. The molecule has 0 rings (SSSR count). The number of phosphoric ester groups is 2. The Bertz CT molecular complexity index is 1890. The topological polar surface area (TPSA) is 237 Å². The van der Waals surface area contributed by atoms with Gasteiger partial charge in [0.2, 0.25) is 0 Å². The first-order valence-electron chi connectivity index (χ1n) is 39.9. The Hall–Kier alpha value is -1.94. The van der Waals surface area contributed by atoms with Crippen molar-refractivity contribution in [1.82, 2.24) is 0 Å². The second-order valence-electron chi connectivity index (χ2n) is 28.7. The van der Waals surface area contributed by atoms with Crippen molar-refractivity contribution in [2.24, 2.45) is 23.7 Å². The van der Waals surface area contributed by atoms with Crippen LogP contribution in [0, 0.1) is 23.7 Å². The molecule has 0 aliphatic rings. The minimum atomic E-state index is -4.96. The van der Waals surface area contributed by atoms with Crippen LogP contribution in [0.15, 0.2) is 0 Å². The number of hydrogen-bond acceptors (Lipinski definition) is 15. The summed E-state index contributed by atoms with van der Waals surface area (Å²) < 4.78 is 68.5. The Morgan fingerprint density at radius 1 is 0.281 bits per heavy atom. The van der Waals surface area contributed by atoms with E-state index in [1.54, 1.807) is 0 Å². The number of aliphatic hydroxyl groups excluding tert-OH is 1. The van der Waals surface area contributed by atoms with E-state index in [0.717, 1.165) is 120 Å². The molecule has 0 heterocycles. The molecule has 0 amide bonds. The number of unbranched alkanes of at least 4 members (excludes halogenated alkanes) is 36. The fourth-order valence-electron chi connectivity index (χ4n) is 11.6. The average Bonchev–Trinajstić information content (AvgIpc) is 1.18. The van der Waals surface area contributed by atoms with Gasteiger partial charge in [0.05, 0.1) is 26.4 Å². The predicted octanol–water partition coefficient (Wildman–Crippen LogP) is 22.4. The van der Waals surface area contributed by atoms with Crippen molar-refractivity contribution in [2.45, 2.75) is 408 Å². The van der Waals surface area contributed by atoms with Crippen LogP contribution in [0.1, 0.15) is 389 Å². The maximum absolute atomic E-state index is 13.1. The minimum absolute atomic E-state index is 0.103. The molecule has 3 N–H and O–H groups in total. The van der Waals surface area contributed by atoms with E-state index in [-0.39, 0.29) is 25.7 Å². The first-order chi connectivity index (χ1) is 46.2. The molecule has 17 nitrogen and oxygen atoms in total. The van der Waals surface area contributed by atoms with Crippen LogP contribution < -0.4 is 0 Å². The maximum Gasteiger partial charge on any atom is 0.472 e. The molecule has 0 aromatic rings. The molecule has 9 atom stereocenters. The zero-order valence-corrected chi connectivity index (χ0v) is 64.8. The van der Waals surface area contributed by atoms with Crippen LogP contribution in [0.25, 0.3) is 0 Å². The van der Waals surface area contributed by atoms with Gasteiger partial charge >= 0.3 is 39.5 Å². The maximum atomic E-state index is 13.1. The number of carbonyl (C=O) groups excluding carboxylic acids is 4. The van der Waals surface area contributed by atoms with Crippen LogP contribution in [-0.2, 0) is 65.4 Å². The molecule has 0 aliphatic carbocycles. The Kier molecular flexibility index (Phi) is 65.0. The third-order valence-corrected chi connectivity index (χ3v) is 21.2. The summed E-state index contributed by atoms with van der Waals surface area (Å²) in [5, 5.41) is 10.6. The number of rotatable bonds is 74. The number of aliphatic hydroxyl groups is 1. The predicted molar refractivity (Wildman–Crippen MR) is 391 cm³/mol. The third kappa shape index (κ3) is 65.4. The van der Waals surface area contributed by atoms with Crippen LogP contribution in [0.4, 0.5) is 0 Å². The highest BCUT2D eigenvalue weighted by Gasteiger charge is 2.30. The van der Waals surface area contributed by atoms with Crippen molar-refractivity contribution < 1.29 is 80.2 Å². The Morgan fingerprint density at radius 3 is 0.688 bits per heavy atom. The lowest BCUT2D eigenvalue weighted by molar-refractivity contribution is -0.161. The van der Waals surface area contributed by atoms with Gasteiger partial charge in [0, 0.05) is 25.7 Å². The molecule has 6 unspecified atom stereocenters. The molecule has 0 radical (unpaired) electrons. The summed E-state index contributed by atoms with van der Waals surface area (Å²) in [6.45, 7) is 14.2. The van der Waals surface area contributed by atoms with Crippen molar-refractivity contribution in [1.29, 1.82) is 0 Å². The quantitative estimate of drug-likeness (QED) is 0.0222. The number of ether oxygens (including phenoxy) is 4. The van der Waals surface area contributed by atoms with E-state index in [2.05, 4.69) is 55.4 Å². The van der Waals surface area contributed by atoms with E-state index in [1.807, 2.05) is 0 Å². The van der Waals surface area contributed by atoms with E-state index in [9.17, 15) is 43.2 Å². The van der Waals surface area contributed by atoms with Crippen molar-refractivity contribution in [3.63, 3.8) is 0 Å². The second kappa shape index (κ2) is 66.3. The number of phosphoric acid groups is 2. The summed E-state index contributed by atoms with van der Waals surface area (Å²) >= 11 is 0. The molecule has 0 saturated carbocycles. The van der Waals surface area contributed by atoms with Crippen LogP contribution in [0.3, 0.4) is 0 Å². The van der Waals surface area contributed by atoms with Crippen LogP contribution >= 0.6 is 15.6 Å². The van der Waals surface area contributed by atoms with Gasteiger partial charge < -0.3 is 33.8 Å². The standard InChI is InChI=1S/C77H150O17P2/c1-9-67(5)53-45-37-29-25-21-17-13-15-19-23-27-31-41-49-57-74(79)87-63-73(94-77(82)60-52-44-36-34-40-48-56-70(8)12-4)66-92-96(85,86)90-62-71(78)61-89-95(83,84)91-65-72(64-88-75(80)58-50-42-35-33-39-47-55-69(7)11-3)93-76(81)59-51-43-32-28-24-20-16-14-18-22-26-30-38-46-54-68(6)10-2/h67-73,78H,9-66H2,1-8H3,(H,83,84)(H,85,86)/t67?,68?,69?,70?,71-,72+,73+/m0/s1. The minimum Gasteiger partial charge on any atom is -0.462 e. The molecule has 0 aromatic heterocycles. The molecule has 0 saturated heterocycles. The monoisotopic (exact) mass is 1410 g/mol. The molecule has 0 aliphatic heterocycles. The van der Waals surface area contributed by atoms with Crippen LogP contribution in [0.2, 0.25) is 0 Å². The summed E-state index contributed by atoms with van der Waals surface area (Å²) in [4.78, 5) is 72.8. The van der Waals surface area contributed by atoms with Crippen LogP contribution in [-0.4, -0.2) is 96.7 Å². The normalized spacial score (nSPS) is 15.2. The molecule has 0 fully saturated rings. The molecule has 19 heteroatoms. The lowest BCUT2D eigenvalue weighted by atomic mass is 9.99. The Labute approximate surface area is 588 Å². The number of hydrogen-bond donors (Lipinski definition) is 3. The molecule has 570 valence electrons. The summed E-state index contributed by atoms with van der Waals surface area (Å²) in [7, 11) is -9.91. The van der Waals surface area contributed by atoms with Crippen molar-refractivity contribution in [2.75, 3.05) is 39.6 Å². The zero-order chi connectivity index (χ0) is 71.0. The first kappa shape index (κ1) is 94.1. The van der Waals surface area contributed by atoms with E-state index >= 15 is 0 Å². The molecule has 96 heavy (non-hydrogen) atoms. The summed E-state index contributed by atoms with van der Waals surface area (Å²) in [6, 6.07) is 0. The van der Waals surface area contributed by atoms with Gasteiger partial charge in [-0.15, -0.1) is 0 Å². The van der Waals surface area contributed by atoms with Crippen molar-refractivity contribution >= 4 is 39.5 Å². The third-order valence-electron chi connectivity index (χ3n) is 19.3. The zero-order valence-electron chi connectivity index (χ0n) is 63.0. The van der Waals surface area contributed by atoms with Gasteiger partial charge in [-0.1, -0.05) is 338 Å². The summed E-state index contributed by atoms with van der Waals surface area (Å²) in [5.41, 5.74) is 0. The fraction of sp³-hybridized carbons (Fsp3) is 0.948. The van der Waals surface area contributed by atoms with Crippen LogP contribution in [0.5, 0.6) is 0 Å². The Morgan fingerprint density at radius 2 is 0.469 bits per heavy atom.